The van der Waals surface area contributed by atoms with Gasteiger partial charge in [0.15, 0.2) is 5.84 Å². The van der Waals surface area contributed by atoms with Crippen LogP contribution in [0, 0.1) is 0 Å². The lowest BCUT2D eigenvalue weighted by Gasteiger charge is -2.25. The number of aliphatic hydroxyl groups is 1. The minimum Gasteiger partial charge on any atom is -0.409 e. The van der Waals surface area contributed by atoms with Crippen molar-refractivity contribution in [3.05, 3.63) is 28.2 Å². The summed E-state index contributed by atoms with van der Waals surface area (Å²) in [4.78, 5) is 1.99. The van der Waals surface area contributed by atoms with Gasteiger partial charge in [-0.25, -0.2) is 0 Å². The number of ether oxygens (including phenoxy) is 1. The molecule has 1 aromatic rings. The van der Waals surface area contributed by atoms with Crippen LogP contribution in [-0.2, 0) is 4.74 Å². The standard InChI is InChI=1S/C12H18BrN3O3/c1-19-7-5-16(4-6-17)11-3-2-9(8-10(11)13)12(14)15-18/h2-3,8,17-18H,4-7H2,1H3,(H2,14,15). The van der Waals surface area contributed by atoms with E-state index in [-0.39, 0.29) is 12.4 Å². The number of aliphatic hydroxyl groups excluding tert-OH is 1. The molecule has 1 aromatic carbocycles. The van der Waals surface area contributed by atoms with Gasteiger partial charge in [-0.15, -0.1) is 0 Å². The molecule has 106 valence electrons. The fourth-order valence-electron chi connectivity index (χ4n) is 1.66. The van der Waals surface area contributed by atoms with E-state index in [0.29, 0.717) is 25.3 Å². The first-order valence-corrected chi connectivity index (χ1v) is 6.55. The van der Waals surface area contributed by atoms with E-state index in [1.54, 1.807) is 19.2 Å². The maximum atomic E-state index is 9.10. The summed E-state index contributed by atoms with van der Waals surface area (Å²) < 4.78 is 5.86. The number of hydrogen-bond acceptors (Lipinski definition) is 5. The molecular formula is C12H18BrN3O3. The number of methoxy groups -OCH3 is 1. The lowest BCUT2D eigenvalue weighted by Crippen LogP contribution is -2.30. The molecule has 0 aliphatic rings. The number of benzene rings is 1. The Balaban J connectivity index is 2.97. The molecular weight excluding hydrogens is 314 g/mol. The van der Waals surface area contributed by atoms with Crippen LogP contribution < -0.4 is 10.6 Å². The average molecular weight is 332 g/mol. The summed E-state index contributed by atoms with van der Waals surface area (Å²) in [6.07, 6.45) is 0. The van der Waals surface area contributed by atoms with Gasteiger partial charge in [0.25, 0.3) is 0 Å². The number of nitrogens with two attached hydrogens (primary N) is 1. The summed E-state index contributed by atoms with van der Waals surface area (Å²) in [5.74, 6) is 0.0536. The van der Waals surface area contributed by atoms with Gasteiger partial charge in [-0.3, -0.25) is 0 Å². The molecule has 4 N–H and O–H groups in total. The molecule has 1 rings (SSSR count). The summed E-state index contributed by atoms with van der Waals surface area (Å²) in [5.41, 5.74) is 7.07. The van der Waals surface area contributed by atoms with Gasteiger partial charge in [0, 0.05) is 30.2 Å². The summed E-state index contributed by atoms with van der Waals surface area (Å²) in [5, 5.41) is 20.7. The molecule has 0 atom stereocenters. The quantitative estimate of drug-likeness (QED) is 0.300. The average Bonchev–Trinajstić information content (AvgIpc) is 2.42. The second-order valence-corrected chi connectivity index (χ2v) is 4.71. The molecule has 0 radical (unpaired) electrons. The zero-order valence-corrected chi connectivity index (χ0v) is 12.3. The van der Waals surface area contributed by atoms with Gasteiger partial charge in [0.2, 0.25) is 0 Å². The topological polar surface area (TPSA) is 91.3 Å². The molecule has 0 bridgehead atoms. The highest BCUT2D eigenvalue weighted by molar-refractivity contribution is 9.10. The molecule has 0 amide bonds. The number of amidine groups is 1. The number of rotatable bonds is 7. The highest BCUT2D eigenvalue weighted by atomic mass is 79.9. The number of anilines is 1. The van der Waals surface area contributed by atoms with E-state index in [9.17, 15) is 0 Å². The van der Waals surface area contributed by atoms with Crippen LogP contribution in [0.1, 0.15) is 5.56 Å². The van der Waals surface area contributed by atoms with Crippen molar-refractivity contribution in [1.82, 2.24) is 0 Å². The molecule has 0 heterocycles. The lowest BCUT2D eigenvalue weighted by molar-refractivity contribution is 0.203. The van der Waals surface area contributed by atoms with Crippen molar-refractivity contribution < 1.29 is 15.1 Å². The van der Waals surface area contributed by atoms with Gasteiger partial charge >= 0.3 is 0 Å². The van der Waals surface area contributed by atoms with Gasteiger partial charge in [0.1, 0.15) is 0 Å². The number of halogens is 1. The maximum Gasteiger partial charge on any atom is 0.170 e. The summed E-state index contributed by atoms with van der Waals surface area (Å²) in [6.45, 7) is 1.79. The Bertz CT molecular complexity index is 440. The third-order valence-electron chi connectivity index (χ3n) is 2.63. The minimum atomic E-state index is 0.0536. The van der Waals surface area contributed by atoms with E-state index >= 15 is 0 Å². The van der Waals surface area contributed by atoms with E-state index < -0.39 is 0 Å². The van der Waals surface area contributed by atoms with E-state index in [4.69, 9.17) is 20.8 Å². The Labute approximate surface area is 120 Å². The molecule has 0 aliphatic carbocycles. The van der Waals surface area contributed by atoms with Gasteiger partial charge in [-0.05, 0) is 34.1 Å². The summed E-state index contributed by atoms with van der Waals surface area (Å²) in [7, 11) is 1.63. The predicted octanol–water partition coefficient (Wildman–Crippen LogP) is 0.989. The molecule has 0 unspecified atom stereocenters. The second-order valence-electron chi connectivity index (χ2n) is 3.85. The molecule has 0 saturated heterocycles. The van der Waals surface area contributed by atoms with Crippen LogP contribution in [0.15, 0.2) is 27.8 Å². The summed E-state index contributed by atoms with van der Waals surface area (Å²) >= 11 is 3.45. The second kappa shape index (κ2) is 7.98. The molecule has 6 nitrogen and oxygen atoms in total. The van der Waals surface area contributed by atoms with Crippen LogP contribution in [0.3, 0.4) is 0 Å². The van der Waals surface area contributed by atoms with Gasteiger partial charge < -0.3 is 25.7 Å². The molecule has 0 saturated carbocycles. The lowest BCUT2D eigenvalue weighted by atomic mass is 10.2. The van der Waals surface area contributed by atoms with E-state index in [0.717, 1.165) is 10.2 Å². The Morgan fingerprint density at radius 3 is 2.74 bits per heavy atom. The van der Waals surface area contributed by atoms with E-state index in [1.807, 2.05) is 11.0 Å². The minimum absolute atomic E-state index is 0.0536. The molecule has 7 heteroatoms. The highest BCUT2D eigenvalue weighted by Gasteiger charge is 2.11. The largest absolute Gasteiger partial charge is 0.409 e. The molecule has 0 aromatic heterocycles. The van der Waals surface area contributed by atoms with Gasteiger partial charge in [-0.2, -0.15) is 0 Å². The van der Waals surface area contributed by atoms with Crippen LogP contribution in [-0.4, -0.2) is 49.6 Å². The van der Waals surface area contributed by atoms with Crippen LogP contribution in [0.2, 0.25) is 0 Å². The number of nitrogens with zero attached hydrogens (tertiary/aromatic N) is 2. The van der Waals surface area contributed by atoms with Crippen molar-refractivity contribution in [3.8, 4) is 0 Å². The van der Waals surface area contributed by atoms with Crippen LogP contribution in [0.4, 0.5) is 5.69 Å². The van der Waals surface area contributed by atoms with Crippen LogP contribution in [0.5, 0.6) is 0 Å². The molecule has 19 heavy (non-hydrogen) atoms. The number of oxime groups is 1. The van der Waals surface area contributed by atoms with E-state index in [2.05, 4.69) is 21.1 Å². The van der Waals surface area contributed by atoms with Crippen molar-refractivity contribution >= 4 is 27.5 Å². The first-order valence-electron chi connectivity index (χ1n) is 5.76. The normalized spacial score (nSPS) is 11.6. The molecule has 0 aliphatic heterocycles. The van der Waals surface area contributed by atoms with Crippen molar-refractivity contribution in [2.75, 3.05) is 38.3 Å². The van der Waals surface area contributed by atoms with Crippen LogP contribution >= 0.6 is 15.9 Å². The van der Waals surface area contributed by atoms with Crippen molar-refractivity contribution in [1.29, 1.82) is 0 Å². The zero-order chi connectivity index (χ0) is 14.3. The predicted molar refractivity (Wildman–Crippen MR) is 77.8 cm³/mol. The number of hydrogen-bond donors (Lipinski definition) is 3. The first-order chi connectivity index (χ1) is 9.13. The molecule has 0 fully saturated rings. The van der Waals surface area contributed by atoms with Gasteiger partial charge in [-0.1, -0.05) is 5.16 Å². The SMILES string of the molecule is COCCN(CCO)c1ccc(/C(N)=N/O)cc1Br. The monoisotopic (exact) mass is 331 g/mol. The van der Waals surface area contributed by atoms with Crippen LogP contribution in [0.25, 0.3) is 0 Å². The van der Waals surface area contributed by atoms with Crippen molar-refractivity contribution in [2.24, 2.45) is 10.9 Å². The smallest absolute Gasteiger partial charge is 0.170 e. The fourth-order valence-corrected chi connectivity index (χ4v) is 2.28. The Morgan fingerprint density at radius 1 is 1.47 bits per heavy atom. The third kappa shape index (κ3) is 4.38. The Hall–Kier alpha value is -1.31. The van der Waals surface area contributed by atoms with Crippen molar-refractivity contribution in [2.45, 2.75) is 0 Å². The summed E-state index contributed by atoms with van der Waals surface area (Å²) in [6, 6.07) is 5.37. The Kier molecular flexibility index (Phi) is 6.61. The van der Waals surface area contributed by atoms with Crippen molar-refractivity contribution in [3.63, 3.8) is 0 Å². The maximum absolute atomic E-state index is 9.10. The molecule has 0 spiro atoms. The van der Waals surface area contributed by atoms with E-state index in [1.165, 1.54) is 0 Å². The third-order valence-corrected chi connectivity index (χ3v) is 3.26. The highest BCUT2D eigenvalue weighted by Crippen LogP contribution is 2.27. The fraction of sp³-hybridized carbons (Fsp3) is 0.417. The Morgan fingerprint density at radius 2 is 2.21 bits per heavy atom. The first kappa shape index (κ1) is 15.7. The van der Waals surface area contributed by atoms with Gasteiger partial charge in [0.05, 0.1) is 18.9 Å². The zero-order valence-electron chi connectivity index (χ0n) is 10.7.